The van der Waals surface area contributed by atoms with Crippen LogP contribution in [-0.2, 0) is 6.42 Å². The first kappa shape index (κ1) is 16.3. The Morgan fingerprint density at radius 3 is 2.92 bits per heavy atom. The van der Waals surface area contributed by atoms with Gasteiger partial charge in [-0.15, -0.1) is 0 Å². The van der Waals surface area contributed by atoms with Crippen molar-refractivity contribution >= 4 is 16.9 Å². The fourth-order valence-corrected chi connectivity index (χ4v) is 4.15. The second-order valence-corrected chi connectivity index (χ2v) is 7.12. The minimum Gasteiger partial charge on any atom is -0.497 e. The molecule has 3 N–H and O–H groups in total. The first-order valence-corrected chi connectivity index (χ1v) is 9.13. The zero-order valence-corrected chi connectivity index (χ0v) is 14.7. The highest BCUT2D eigenvalue weighted by atomic mass is 16.5. The summed E-state index contributed by atoms with van der Waals surface area (Å²) in [5, 5.41) is 7.33. The third kappa shape index (κ3) is 3.44. The minimum atomic E-state index is -0.0452. The quantitative estimate of drug-likeness (QED) is 0.779. The average molecular weight is 342 g/mol. The number of benzene rings is 1. The normalized spacial score (nSPS) is 25.1. The van der Waals surface area contributed by atoms with Crippen molar-refractivity contribution in [2.75, 3.05) is 33.3 Å². The largest absolute Gasteiger partial charge is 0.497 e. The van der Waals surface area contributed by atoms with Crippen molar-refractivity contribution in [2.24, 2.45) is 5.92 Å². The van der Waals surface area contributed by atoms with Crippen molar-refractivity contribution in [3.05, 3.63) is 30.0 Å². The van der Waals surface area contributed by atoms with E-state index in [1.54, 1.807) is 7.11 Å². The third-order valence-corrected chi connectivity index (χ3v) is 5.63. The zero-order chi connectivity index (χ0) is 17.2. The molecule has 3 aliphatic heterocycles. The molecule has 0 spiro atoms. The number of amides is 2. The summed E-state index contributed by atoms with van der Waals surface area (Å²) in [5.41, 5.74) is 2.28. The van der Waals surface area contributed by atoms with Crippen LogP contribution in [0.1, 0.15) is 18.4 Å². The van der Waals surface area contributed by atoms with Crippen LogP contribution in [0.25, 0.3) is 10.9 Å². The predicted molar refractivity (Wildman–Crippen MR) is 98.0 cm³/mol. The maximum Gasteiger partial charge on any atom is 0.315 e. The number of H-pyrrole nitrogens is 1. The topological polar surface area (TPSA) is 69.4 Å². The van der Waals surface area contributed by atoms with E-state index in [9.17, 15) is 4.79 Å². The molecular weight excluding hydrogens is 316 g/mol. The van der Waals surface area contributed by atoms with Crippen molar-refractivity contribution < 1.29 is 9.53 Å². The number of nitrogens with zero attached hydrogens (tertiary/aromatic N) is 1. The Bertz CT molecular complexity index is 749. The molecule has 25 heavy (non-hydrogen) atoms. The van der Waals surface area contributed by atoms with E-state index in [0.717, 1.165) is 29.6 Å². The number of aromatic amines is 1. The summed E-state index contributed by atoms with van der Waals surface area (Å²) in [6.07, 6.45) is 5.22. The van der Waals surface area contributed by atoms with Gasteiger partial charge in [-0.05, 0) is 62.0 Å². The molecule has 0 unspecified atom stereocenters. The van der Waals surface area contributed by atoms with Crippen LogP contribution in [0.3, 0.4) is 0 Å². The molecule has 6 heteroatoms. The molecule has 0 radical (unpaired) electrons. The number of carbonyl (C=O) groups is 1. The molecule has 5 rings (SSSR count). The highest BCUT2D eigenvalue weighted by Gasteiger charge is 2.34. The Balaban J connectivity index is 1.29. The first-order valence-electron chi connectivity index (χ1n) is 9.13. The van der Waals surface area contributed by atoms with Crippen LogP contribution in [0.2, 0.25) is 0 Å². The zero-order valence-electron chi connectivity index (χ0n) is 14.7. The van der Waals surface area contributed by atoms with Crippen molar-refractivity contribution in [3.63, 3.8) is 0 Å². The van der Waals surface area contributed by atoms with Gasteiger partial charge in [0.05, 0.1) is 7.11 Å². The lowest BCUT2D eigenvalue weighted by Crippen LogP contribution is -2.58. The fourth-order valence-electron chi connectivity index (χ4n) is 4.15. The molecule has 1 aromatic heterocycles. The molecule has 0 saturated carbocycles. The van der Waals surface area contributed by atoms with Gasteiger partial charge in [0.1, 0.15) is 5.75 Å². The van der Waals surface area contributed by atoms with E-state index in [1.165, 1.54) is 31.5 Å². The molecule has 2 amide bonds. The SMILES string of the molecule is COc1ccc2[nH]cc(CCNC(=O)N[C@H]3CN4CCC3CC4)c2c1. The van der Waals surface area contributed by atoms with E-state index >= 15 is 0 Å². The van der Waals surface area contributed by atoms with Crippen LogP contribution in [0, 0.1) is 5.92 Å². The smallest absolute Gasteiger partial charge is 0.315 e. The van der Waals surface area contributed by atoms with Gasteiger partial charge in [0.2, 0.25) is 0 Å². The molecular formula is C19H26N4O2. The lowest BCUT2D eigenvalue weighted by atomic mass is 9.84. The Labute approximate surface area is 147 Å². The molecule has 3 aliphatic rings. The number of carbonyl (C=O) groups excluding carboxylic acids is 1. The molecule has 6 nitrogen and oxygen atoms in total. The number of aromatic nitrogens is 1. The van der Waals surface area contributed by atoms with Crippen molar-refractivity contribution in [1.29, 1.82) is 0 Å². The van der Waals surface area contributed by atoms with Gasteiger partial charge in [0.15, 0.2) is 0 Å². The summed E-state index contributed by atoms with van der Waals surface area (Å²) >= 11 is 0. The van der Waals surface area contributed by atoms with Gasteiger partial charge < -0.3 is 25.3 Å². The summed E-state index contributed by atoms with van der Waals surface area (Å²) in [5.74, 6) is 1.50. The Morgan fingerprint density at radius 1 is 1.36 bits per heavy atom. The molecule has 1 atom stereocenters. The van der Waals surface area contributed by atoms with Gasteiger partial charge in [-0.3, -0.25) is 0 Å². The molecule has 3 saturated heterocycles. The molecule has 1 aromatic carbocycles. The van der Waals surface area contributed by atoms with Crippen LogP contribution in [0.5, 0.6) is 5.75 Å². The average Bonchev–Trinajstić information content (AvgIpc) is 3.05. The van der Waals surface area contributed by atoms with Gasteiger partial charge in [-0.1, -0.05) is 0 Å². The number of methoxy groups -OCH3 is 1. The van der Waals surface area contributed by atoms with E-state index in [-0.39, 0.29) is 6.03 Å². The molecule has 2 aromatic rings. The Hall–Kier alpha value is -2.21. The first-order chi connectivity index (χ1) is 12.2. The van der Waals surface area contributed by atoms with Gasteiger partial charge in [-0.2, -0.15) is 0 Å². The van der Waals surface area contributed by atoms with Crippen molar-refractivity contribution in [1.82, 2.24) is 20.5 Å². The fraction of sp³-hybridized carbons (Fsp3) is 0.526. The minimum absolute atomic E-state index is 0.0452. The van der Waals surface area contributed by atoms with Gasteiger partial charge in [0.25, 0.3) is 0 Å². The van der Waals surface area contributed by atoms with Crippen molar-refractivity contribution in [2.45, 2.75) is 25.3 Å². The summed E-state index contributed by atoms with van der Waals surface area (Å²) in [6, 6.07) is 6.26. The predicted octanol–water partition coefficient (Wildman–Crippen LogP) is 2.11. The Morgan fingerprint density at radius 2 is 2.20 bits per heavy atom. The van der Waals surface area contributed by atoms with E-state index in [0.29, 0.717) is 18.5 Å². The molecule has 4 heterocycles. The number of piperidine rings is 3. The van der Waals surface area contributed by atoms with Crippen LogP contribution in [0.15, 0.2) is 24.4 Å². The van der Waals surface area contributed by atoms with E-state index in [2.05, 4.69) is 20.5 Å². The summed E-state index contributed by atoms with van der Waals surface area (Å²) in [7, 11) is 1.67. The summed E-state index contributed by atoms with van der Waals surface area (Å²) in [6.45, 7) is 4.00. The van der Waals surface area contributed by atoms with Gasteiger partial charge in [-0.25, -0.2) is 4.79 Å². The number of fused-ring (bicyclic) bond motifs is 4. The van der Waals surface area contributed by atoms with Crippen LogP contribution < -0.4 is 15.4 Å². The highest BCUT2D eigenvalue weighted by Crippen LogP contribution is 2.27. The Kier molecular flexibility index (Phi) is 4.53. The monoisotopic (exact) mass is 342 g/mol. The number of hydrogen-bond acceptors (Lipinski definition) is 3. The highest BCUT2D eigenvalue weighted by molar-refractivity contribution is 5.84. The summed E-state index contributed by atoms with van der Waals surface area (Å²) in [4.78, 5) is 17.9. The third-order valence-electron chi connectivity index (χ3n) is 5.63. The van der Waals surface area contributed by atoms with Crippen molar-refractivity contribution in [3.8, 4) is 5.75 Å². The maximum absolute atomic E-state index is 12.2. The van der Waals surface area contributed by atoms with Gasteiger partial charge >= 0.3 is 6.03 Å². The van der Waals surface area contributed by atoms with Crippen LogP contribution in [-0.4, -0.2) is 55.2 Å². The second-order valence-electron chi connectivity index (χ2n) is 7.12. The molecule has 3 fully saturated rings. The van der Waals surface area contributed by atoms with E-state index in [1.807, 2.05) is 24.4 Å². The number of hydrogen-bond donors (Lipinski definition) is 3. The molecule has 134 valence electrons. The lowest BCUT2D eigenvalue weighted by Gasteiger charge is -2.44. The van der Waals surface area contributed by atoms with Gasteiger partial charge in [0, 0.05) is 36.2 Å². The van der Waals surface area contributed by atoms with E-state index in [4.69, 9.17) is 4.74 Å². The van der Waals surface area contributed by atoms with Crippen LogP contribution >= 0.6 is 0 Å². The maximum atomic E-state index is 12.2. The van der Waals surface area contributed by atoms with E-state index < -0.39 is 0 Å². The second kappa shape index (κ2) is 6.96. The summed E-state index contributed by atoms with van der Waals surface area (Å²) < 4.78 is 5.30. The molecule has 0 aliphatic carbocycles. The lowest BCUT2D eigenvalue weighted by molar-refractivity contribution is 0.0766. The number of ether oxygens (including phenoxy) is 1. The number of urea groups is 1. The molecule has 2 bridgehead atoms. The van der Waals surface area contributed by atoms with Crippen LogP contribution in [0.4, 0.5) is 4.79 Å². The number of rotatable bonds is 5. The standard InChI is InChI=1S/C19H26N4O2/c1-25-15-2-3-17-16(10-15)14(11-21-17)4-7-20-19(24)22-18-12-23-8-5-13(18)6-9-23/h2-3,10-11,13,18,21H,4-9,12H2,1H3,(H2,20,22,24)/t18-/m0/s1. The number of nitrogens with one attached hydrogen (secondary N) is 3.